The largest absolute Gasteiger partial charge is 0.348 e. The van der Waals surface area contributed by atoms with E-state index >= 15 is 0 Å². The molecular formula is C16H18N4O. The van der Waals surface area contributed by atoms with E-state index < -0.39 is 0 Å². The van der Waals surface area contributed by atoms with Crippen LogP contribution in [0.1, 0.15) is 22.3 Å². The van der Waals surface area contributed by atoms with E-state index in [2.05, 4.69) is 33.3 Å². The van der Waals surface area contributed by atoms with Crippen molar-refractivity contribution in [3.8, 4) is 0 Å². The maximum atomic E-state index is 12.1. The molecule has 0 saturated carbocycles. The Hall–Kier alpha value is -2.40. The third-order valence-corrected chi connectivity index (χ3v) is 3.66. The van der Waals surface area contributed by atoms with Crippen LogP contribution in [0.15, 0.2) is 42.9 Å². The molecule has 0 aromatic carbocycles. The summed E-state index contributed by atoms with van der Waals surface area (Å²) in [6, 6.07) is 5.37. The summed E-state index contributed by atoms with van der Waals surface area (Å²) in [4.78, 5) is 21.4. The molecule has 21 heavy (non-hydrogen) atoms. The molecule has 2 N–H and O–H groups in total. The van der Waals surface area contributed by atoms with Crippen molar-refractivity contribution < 1.29 is 4.79 Å². The lowest BCUT2D eigenvalue weighted by atomic mass is 10.0. The van der Waals surface area contributed by atoms with Gasteiger partial charge in [-0.05, 0) is 42.8 Å². The van der Waals surface area contributed by atoms with Crippen LogP contribution in [-0.4, -0.2) is 40.9 Å². The van der Waals surface area contributed by atoms with Crippen LogP contribution in [0.25, 0.3) is 5.57 Å². The zero-order valence-corrected chi connectivity index (χ0v) is 12.0. The zero-order chi connectivity index (χ0) is 14.7. The number of hydrogen-bond donors (Lipinski definition) is 2. The van der Waals surface area contributed by atoms with Gasteiger partial charge in [0.25, 0.3) is 5.91 Å². The van der Waals surface area contributed by atoms with Gasteiger partial charge in [0, 0.05) is 37.2 Å². The van der Waals surface area contributed by atoms with Crippen LogP contribution in [0.4, 0.5) is 5.82 Å². The fourth-order valence-corrected chi connectivity index (χ4v) is 2.38. The van der Waals surface area contributed by atoms with E-state index in [0.717, 1.165) is 25.1 Å². The number of nitrogens with one attached hydrogen (secondary N) is 2. The Morgan fingerprint density at radius 2 is 2.19 bits per heavy atom. The lowest BCUT2D eigenvalue weighted by molar-refractivity contribution is 0.102. The number of H-pyrrole nitrogens is 1. The molecule has 1 aliphatic heterocycles. The summed E-state index contributed by atoms with van der Waals surface area (Å²) in [5.74, 6) is 0.579. The first-order valence-corrected chi connectivity index (χ1v) is 7.00. The van der Waals surface area contributed by atoms with Crippen molar-refractivity contribution in [1.29, 1.82) is 0 Å². The number of aromatic amines is 1. The van der Waals surface area contributed by atoms with Crippen LogP contribution >= 0.6 is 0 Å². The summed E-state index contributed by atoms with van der Waals surface area (Å²) < 4.78 is 0. The monoisotopic (exact) mass is 282 g/mol. The highest BCUT2D eigenvalue weighted by Gasteiger charge is 2.12. The van der Waals surface area contributed by atoms with Gasteiger partial charge in [-0.1, -0.05) is 6.08 Å². The fourth-order valence-electron chi connectivity index (χ4n) is 2.38. The summed E-state index contributed by atoms with van der Waals surface area (Å²) in [7, 11) is 2.12. The Bertz CT molecular complexity index is 660. The van der Waals surface area contributed by atoms with Gasteiger partial charge in [0.2, 0.25) is 0 Å². The smallest absolute Gasteiger partial charge is 0.256 e. The maximum Gasteiger partial charge on any atom is 0.256 e. The topological polar surface area (TPSA) is 61.0 Å². The normalized spacial score (nSPS) is 15.6. The van der Waals surface area contributed by atoms with Crippen LogP contribution in [0.2, 0.25) is 0 Å². The van der Waals surface area contributed by atoms with Gasteiger partial charge in [0.15, 0.2) is 0 Å². The van der Waals surface area contributed by atoms with Crippen molar-refractivity contribution in [2.45, 2.75) is 6.42 Å². The number of nitrogens with zero attached hydrogens (tertiary/aromatic N) is 2. The lowest BCUT2D eigenvalue weighted by Gasteiger charge is -2.21. The van der Waals surface area contributed by atoms with Gasteiger partial charge in [-0.15, -0.1) is 0 Å². The van der Waals surface area contributed by atoms with E-state index in [0.29, 0.717) is 11.4 Å². The average Bonchev–Trinajstić information content (AvgIpc) is 2.97. The lowest BCUT2D eigenvalue weighted by Crippen LogP contribution is -2.23. The first-order valence-electron chi connectivity index (χ1n) is 7.00. The number of amides is 1. The molecule has 0 bridgehead atoms. The van der Waals surface area contributed by atoms with E-state index in [1.165, 1.54) is 5.57 Å². The highest BCUT2D eigenvalue weighted by Crippen LogP contribution is 2.24. The number of aromatic nitrogens is 2. The van der Waals surface area contributed by atoms with Crippen LogP contribution in [0.5, 0.6) is 0 Å². The molecule has 0 atom stereocenters. The van der Waals surface area contributed by atoms with Gasteiger partial charge >= 0.3 is 0 Å². The fraction of sp³-hybridized carbons (Fsp3) is 0.250. The Morgan fingerprint density at radius 3 is 2.90 bits per heavy atom. The molecule has 0 spiro atoms. The van der Waals surface area contributed by atoms with Gasteiger partial charge < -0.3 is 15.2 Å². The third kappa shape index (κ3) is 3.20. The molecule has 0 saturated heterocycles. The highest BCUT2D eigenvalue weighted by atomic mass is 16.1. The molecule has 0 radical (unpaired) electrons. The van der Waals surface area contributed by atoms with Gasteiger partial charge in [0.1, 0.15) is 5.82 Å². The molecule has 0 aliphatic carbocycles. The Labute approximate surface area is 123 Å². The van der Waals surface area contributed by atoms with E-state index in [4.69, 9.17) is 0 Å². The molecule has 1 amide bonds. The van der Waals surface area contributed by atoms with E-state index in [1.54, 1.807) is 24.5 Å². The summed E-state index contributed by atoms with van der Waals surface area (Å²) in [6.45, 7) is 2.04. The number of pyridine rings is 1. The predicted octanol–water partition coefficient (Wildman–Crippen LogP) is 2.38. The number of carbonyl (C=O) groups is 1. The molecule has 2 aromatic rings. The number of anilines is 1. The van der Waals surface area contributed by atoms with Gasteiger partial charge in [-0.25, -0.2) is 0 Å². The van der Waals surface area contributed by atoms with Crippen LogP contribution < -0.4 is 5.32 Å². The molecule has 1 aliphatic rings. The van der Waals surface area contributed by atoms with Crippen molar-refractivity contribution in [1.82, 2.24) is 14.9 Å². The Morgan fingerprint density at radius 1 is 1.38 bits per heavy atom. The quantitative estimate of drug-likeness (QED) is 0.908. The second kappa shape index (κ2) is 5.93. The molecule has 0 unspecified atom stereocenters. The minimum atomic E-state index is -0.136. The first kappa shape index (κ1) is 13.6. The van der Waals surface area contributed by atoms with Gasteiger partial charge in [0.05, 0.1) is 0 Å². The third-order valence-electron chi connectivity index (χ3n) is 3.66. The highest BCUT2D eigenvalue weighted by molar-refractivity contribution is 6.03. The standard InChI is InChI=1S/C16H18N4O/c1-20-8-4-12(5-9-20)14-10-15(18-11-14)19-16(21)13-2-6-17-7-3-13/h2-4,6-7,10-11,18H,5,8-9H2,1H3,(H,19,21). The SMILES string of the molecule is CN1CC=C(c2c[nH]c(NC(=O)c3ccncc3)c2)CC1. The van der Waals surface area contributed by atoms with Crippen molar-refractivity contribution >= 4 is 17.3 Å². The summed E-state index contributed by atoms with van der Waals surface area (Å²) in [6.07, 6.45) is 8.43. The average molecular weight is 282 g/mol. The Kier molecular flexibility index (Phi) is 3.83. The van der Waals surface area contributed by atoms with Crippen molar-refractivity contribution in [3.63, 3.8) is 0 Å². The van der Waals surface area contributed by atoms with E-state index in [9.17, 15) is 4.79 Å². The van der Waals surface area contributed by atoms with Crippen LogP contribution in [0.3, 0.4) is 0 Å². The Balaban J connectivity index is 1.70. The summed E-state index contributed by atoms with van der Waals surface area (Å²) >= 11 is 0. The molecule has 108 valence electrons. The second-order valence-electron chi connectivity index (χ2n) is 5.23. The van der Waals surface area contributed by atoms with Crippen LogP contribution in [-0.2, 0) is 0 Å². The minimum absolute atomic E-state index is 0.136. The number of likely N-dealkylation sites (N-methyl/N-ethyl adjacent to an activating group) is 1. The molecule has 5 nitrogen and oxygen atoms in total. The zero-order valence-electron chi connectivity index (χ0n) is 12.0. The number of carbonyl (C=O) groups excluding carboxylic acids is 1. The van der Waals surface area contributed by atoms with Crippen molar-refractivity contribution in [2.24, 2.45) is 0 Å². The minimum Gasteiger partial charge on any atom is -0.348 e. The second-order valence-corrected chi connectivity index (χ2v) is 5.23. The molecule has 3 heterocycles. The molecule has 5 heteroatoms. The molecule has 2 aromatic heterocycles. The number of rotatable bonds is 3. The maximum absolute atomic E-state index is 12.1. The van der Waals surface area contributed by atoms with Crippen molar-refractivity contribution in [3.05, 3.63) is 54.0 Å². The first-order chi connectivity index (χ1) is 10.2. The summed E-state index contributed by atoms with van der Waals surface area (Å²) in [5, 5.41) is 2.87. The van der Waals surface area contributed by atoms with E-state index in [1.807, 2.05) is 12.3 Å². The van der Waals surface area contributed by atoms with Gasteiger partial charge in [-0.3, -0.25) is 9.78 Å². The summed E-state index contributed by atoms with van der Waals surface area (Å²) in [5.41, 5.74) is 3.07. The van der Waals surface area contributed by atoms with E-state index in [-0.39, 0.29) is 5.91 Å². The van der Waals surface area contributed by atoms with Crippen LogP contribution in [0, 0.1) is 0 Å². The number of hydrogen-bond acceptors (Lipinski definition) is 3. The molecular weight excluding hydrogens is 264 g/mol. The van der Waals surface area contributed by atoms with Gasteiger partial charge in [-0.2, -0.15) is 0 Å². The predicted molar refractivity (Wildman–Crippen MR) is 83.1 cm³/mol. The molecule has 3 rings (SSSR count). The van der Waals surface area contributed by atoms with Crippen molar-refractivity contribution in [2.75, 3.05) is 25.5 Å². The molecule has 0 fully saturated rings.